The number of aromatic nitrogens is 1. The van der Waals surface area contributed by atoms with Crippen molar-refractivity contribution in [2.75, 3.05) is 14.2 Å². The topological polar surface area (TPSA) is 43.4 Å². The van der Waals surface area contributed by atoms with Gasteiger partial charge in [0.05, 0.1) is 12.0 Å². The highest BCUT2D eigenvalue weighted by atomic mass is 32.5. The molecular weight excluding hydrogens is 447 g/mol. The number of nitrogens with zero attached hydrogens (tertiary/aromatic N) is 1. The van der Waals surface area contributed by atoms with E-state index in [0.717, 1.165) is 22.6 Å². The Balaban J connectivity index is 1.95. The molecule has 0 unspecified atom stereocenters. The van der Waals surface area contributed by atoms with E-state index in [9.17, 15) is 19.4 Å². The third-order valence-corrected chi connectivity index (χ3v) is 5.85. The summed E-state index contributed by atoms with van der Waals surface area (Å²) in [5, 5.41) is 0. The molecule has 1 aromatic heterocycles. The summed E-state index contributed by atoms with van der Waals surface area (Å²) in [5.41, 5.74) is 1.29. The van der Waals surface area contributed by atoms with Gasteiger partial charge in [-0.3, -0.25) is 4.72 Å². The minimum atomic E-state index is -9.74. The number of nitrogens with one attached hydrogen (secondary N) is 1. The van der Waals surface area contributed by atoms with Crippen LogP contribution in [-0.4, -0.2) is 19.1 Å². The van der Waals surface area contributed by atoms with E-state index in [4.69, 9.17) is 9.47 Å². The van der Waals surface area contributed by atoms with E-state index in [1.54, 1.807) is 38.4 Å². The number of pyridine rings is 1. The molecule has 0 aliphatic rings. The van der Waals surface area contributed by atoms with Gasteiger partial charge in [-0.2, -0.15) is 0 Å². The van der Waals surface area contributed by atoms with Crippen LogP contribution in [0.1, 0.15) is 0 Å². The summed E-state index contributed by atoms with van der Waals surface area (Å²) in [4.78, 5) is 2.95. The summed E-state index contributed by atoms with van der Waals surface area (Å²) in [6.45, 7) is 0. The van der Waals surface area contributed by atoms with Crippen LogP contribution in [0.2, 0.25) is 0 Å². The van der Waals surface area contributed by atoms with Crippen LogP contribution in [0.25, 0.3) is 11.1 Å². The summed E-state index contributed by atoms with van der Waals surface area (Å²) in [6, 6.07) is 11.0. The van der Waals surface area contributed by atoms with E-state index >= 15 is 0 Å². The van der Waals surface area contributed by atoms with Crippen LogP contribution in [0.3, 0.4) is 0 Å². The SMILES string of the molecule is CNSc1cc(-c2cccnc2Oc2ccc(S(F)(F)(F)(F)F)cc2)ccc1OC. The number of hydrogen-bond acceptors (Lipinski definition) is 5. The number of ether oxygens (including phenoxy) is 2. The maximum absolute atomic E-state index is 12.9. The Hall–Kier alpha value is -2.50. The predicted molar refractivity (Wildman–Crippen MR) is 109 cm³/mol. The first-order chi connectivity index (χ1) is 13.9. The zero-order valence-corrected chi connectivity index (χ0v) is 17.4. The van der Waals surface area contributed by atoms with Gasteiger partial charge in [-0.05, 0) is 73.1 Å². The monoisotopic (exact) mass is 464 g/mol. The van der Waals surface area contributed by atoms with Crippen LogP contribution in [0, 0.1) is 0 Å². The smallest absolute Gasteiger partial charge is 0.310 e. The van der Waals surface area contributed by atoms with Crippen molar-refractivity contribution in [1.29, 1.82) is 0 Å². The Kier molecular flexibility index (Phi) is 5.42. The van der Waals surface area contributed by atoms with Gasteiger partial charge in [0.1, 0.15) is 16.4 Å². The minimum Gasteiger partial charge on any atom is -0.496 e. The summed E-state index contributed by atoms with van der Waals surface area (Å²) < 4.78 is 78.3. The molecule has 0 saturated heterocycles. The van der Waals surface area contributed by atoms with Crippen LogP contribution in [-0.2, 0) is 0 Å². The van der Waals surface area contributed by atoms with Gasteiger partial charge in [0, 0.05) is 11.8 Å². The van der Waals surface area contributed by atoms with Gasteiger partial charge in [-0.1, -0.05) is 25.5 Å². The van der Waals surface area contributed by atoms with Crippen molar-refractivity contribution in [2.45, 2.75) is 9.79 Å². The molecule has 0 bridgehead atoms. The third-order valence-electron chi connectivity index (χ3n) is 3.94. The van der Waals surface area contributed by atoms with Crippen molar-refractivity contribution in [3.05, 3.63) is 60.8 Å². The molecule has 0 fully saturated rings. The Morgan fingerprint density at radius 3 is 2.27 bits per heavy atom. The third kappa shape index (κ3) is 5.15. The first-order valence-electron chi connectivity index (χ1n) is 8.40. The van der Waals surface area contributed by atoms with E-state index in [1.165, 1.54) is 18.1 Å². The fourth-order valence-corrected chi connectivity index (χ4v) is 3.91. The van der Waals surface area contributed by atoms with Crippen LogP contribution in [0.4, 0.5) is 19.4 Å². The fraction of sp³-hybridized carbons (Fsp3) is 0.105. The number of benzene rings is 2. The molecule has 1 heterocycles. The lowest BCUT2D eigenvalue weighted by Crippen LogP contribution is -2.05. The molecular formula is C19H17F5N2O2S2. The lowest BCUT2D eigenvalue weighted by atomic mass is 10.1. The predicted octanol–water partition coefficient (Wildman–Crippen LogP) is 7.43. The molecule has 0 aliphatic heterocycles. The van der Waals surface area contributed by atoms with Crippen molar-refractivity contribution in [1.82, 2.24) is 9.71 Å². The van der Waals surface area contributed by atoms with Crippen molar-refractivity contribution >= 4 is 22.2 Å². The van der Waals surface area contributed by atoms with Crippen LogP contribution >= 0.6 is 22.2 Å². The van der Waals surface area contributed by atoms with Gasteiger partial charge in [0.25, 0.3) is 0 Å². The molecule has 11 heteroatoms. The molecule has 0 atom stereocenters. The van der Waals surface area contributed by atoms with Gasteiger partial charge >= 0.3 is 10.2 Å². The highest BCUT2D eigenvalue weighted by Crippen LogP contribution is 3.02. The standard InChI is InChI=1S/C19H17F5N2O2S2/c1-25-29-18-12-13(5-10-17(18)27-2)16-4-3-11-26-19(16)28-14-6-8-15(9-7-14)30(20,21,22,23)24/h3-12,25H,1-2H3. The molecule has 2 aromatic carbocycles. The molecule has 0 saturated carbocycles. The first kappa shape index (κ1) is 22.2. The molecule has 0 aliphatic carbocycles. The van der Waals surface area contributed by atoms with Gasteiger partial charge < -0.3 is 9.47 Å². The second-order valence-corrected chi connectivity index (χ2v) is 9.53. The number of halogens is 5. The fourth-order valence-electron chi connectivity index (χ4n) is 2.60. The Labute approximate surface area is 174 Å². The van der Waals surface area contributed by atoms with Gasteiger partial charge in [-0.25, -0.2) is 4.98 Å². The van der Waals surface area contributed by atoms with Crippen molar-refractivity contribution in [2.24, 2.45) is 0 Å². The van der Waals surface area contributed by atoms with Gasteiger partial charge in [0.2, 0.25) is 5.88 Å². The molecule has 162 valence electrons. The van der Waals surface area contributed by atoms with Crippen molar-refractivity contribution < 1.29 is 28.9 Å². The van der Waals surface area contributed by atoms with Crippen LogP contribution in [0.5, 0.6) is 17.4 Å². The maximum Gasteiger partial charge on any atom is 0.310 e. The number of methoxy groups -OCH3 is 1. The lowest BCUT2D eigenvalue weighted by Gasteiger charge is -2.40. The molecule has 0 amide bonds. The second kappa shape index (κ2) is 7.33. The molecule has 3 aromatic rings. The second-order valence-electron chi connectivity index (χ2n) is 6.07. The molecule has 1 N–H and O–H groups in total. The largest absolute Gasteiger partial charge is 0.496 e. The molecule has 3 rings (SSSR count). The summed E-state index contributed by atoms with van der Waals surface area (Å²) in [7, 11) is -6.44. The van der Waals surface area contributed by atoms with Gasteiger partial charge in [-0.15, -0.1) is 0 Å². The van der Waals surface area contributed by atoms with E-state index in [1.807, 2.05) is 6.07 Å². The minimum absolute atomic E-state index is 0.0566. The molecule has 4 nitrogen and oxygen atoms in total. The van der Waals surface area contributed by atoms with E-state index in [2.05, 4.69) is 9.71 Å². The van der Waals surface area contributed by atoms with Crippen molar-refractivity contribution in [3.63, 3.8) is 0 Å². The normalized spacial score (nSPS) is 14.0. The first-order valence-corrected chi connectivity index (χ1v) is 11.2. The molecule has 30 heavy (non-hydrogen) atoms. The van der Waals surface area contributed by atoms with E-state index in [-0.39, 0.29) is 11.6 Å². The quantitative estimate of drug-likeness (QED) is 0.291. The highest BCUT2D eigenvalue weighted by molar-refractivity contribution is 8.45. The average molecular weight is 464 g/mol. The summed E-state index contributed by atoms with van der Waals surface area (Å²) in [5.74, 6) is 0.707. The van der Waals surface area contributed by atoms with E-state index < -0.39 is 15.1 Å². The van der Waals surface area contributed by atoms with Gasteiger partial charge in [0.15, 0.2) is 0 Å². The zero-order chi connectivity index (χ0) is 22.1. The van der Waals surface area contributed by atoms with Crippen molar-refractivity contribution in [3.8, 4) is 28.5 Å². The Bertz CT molecular complexity index is 1060. The average Bonchev–Trinajstić information content (AvgIpc) is 2.67. The Morgan fingerprint density at radius 2 is 1.67 bits per heavy atom. The maximum atomic E-state index is 12.9. The summed E-state index contributed by atoms with van der Waals surface area (Å²) in [6.07, 6.45) is 1.45. The molecule has 0 radical (unpaired) electrons. The number of rotatable bonds is 7. The highest BCUT2D eigenvalue weighted by Gasteiger charge is 2.65. The summed E-state index contributed by atoms with van der Waals surface area (Å²) >= 11 is 1.34. The van der Waals surface area contributed by atoms with E-state index in [0.29, 0.717) is 23.4 Å². The van der Waals surface area contributed by atoms with Crippen LogP contribution < -0.4 is 14.2 Å². The zero-order valence-electron chi connectivity index (χ0n) is 15.7. The number of hydrogen-bond donors (Lipinski definition) is 1. The van der Waals surface area contributed by atoms with Crippen LogP contribution in [0.15, 0.2) is 70.6 Å². The lowest BCUT2D eigenvalue weighted by molar-refractivity contribution is 0.363. The molecule has 0 spiro atoms. The Morgan fingerprint density at radius 1 is 0.967 bits per heavy atom.